The average Bonchev–Trinajstić information content (AvgIpc) is 2.46. The number of nitrogens with zero attached hydrogens (tertiary/aromatic N) is 1. The van der Waals surface area contributed by atoms with E-state index in [2.05, 4.69) is 35.9 Å². The summed E-state index contributed by atoms with van der Waals surface area (Å²) in [5, 5.41) is 3.44. The molecule has 1 aromatic carbocycles. The fraction of sp³-hybridized carbons (Fsp3) is 0.188. The first kappa shape index (κ1) is 12.5. The van der Waals surface area contributed by atoms with Crippen LogP contribution >= 0.6 is 0 Å². The van der Waals surface area contributed by atoms with Crippen molar-refractivity contribution in [3.63, 3.8) is 0 Å². The summed E-state index contributed by atoms with van der Waals surface area (Å²) in [4.78, 5) is 4.34. The zero-order chi connectivity index (χ0) is 12.8. The molecule has 2 heteroatoms. The predicted molar refractivity (Wildman–Crippen MR) is 76.1 cm³/mol. The summed E-state index contributed by atoms with van der Waals surface area (Å²) < 4.78 is 0. The molecule has 1 N–H and O–H groups in total. The topological polar surface area (TPSA) is 24.9 Å². The Morgan fingerprint density at radius 1 is 1.17 bits per heavy atom. The van der Waals surface area contributed by atoms with Crippen molar-refractivity contribution < 1.29 is 0 Å². The molecule has 0 aliphatic heterocycles. The number of rotatable bonds is 5. The van der Waals surface area contributed by atoms with E-state index in [1.165, 1.54) is 5.56 Å². The van der Waals surface area contributed by atoms with Gasteiger partial charge in [-0.1, -0.05) is 43.0 Å². The zero-order valence-corrected chi connectivity index (χ0v) is 10.6. The molecule has 1 heterocycles. The number of hydrogen-bond acceptors (Lipinski definition) is 2. The second kappa shape index (κ2) is 6.12. The molecule has 2 aromatic rings. The van der Waals surface area contributed by atoms with Crippen molar-refractivity contribution in [3.8, 4) is 0 Å². The SMILES string of the molecule is C=C(CNC(C)c1ccccn1)c1ccccc1. The van der Waals surface area contributed by atoms with Crippen LogP contribution in [0.4, 0.5) is 0 Å². The van der Waals surface area contributed by atoms with Crippen LogP contribution in [0.3, 0.4) is 0 Å². The van der Waals surface area contributed by atoms with Gasteiger partial charge in [0.1, 0.15) is 0 Å². The molecule has 0 bridgehead atoms. The van der Waals surface area contributed by atoms with Crippen molar-refractivity contribution in [2.24, 2.45) is 0 Å². The van der Waals surface area contributed by atoms with Crippen LogP contribution in [0.1, 0.15) is 24.2 Å². The first-order valence-corrected chi connectivity index (χ1v) is 6.15. The molecule has 92 valence electrons. The highest BCUT2D eigenvalue weighted by Gasteiger charge is 2.06. The van der Waals surface area contributed by atoms with Gasteiger partial charge in [-0.15, -0.1) is 0 Å². The Balaban J connectivity index is 1.91. The fourth-order valence-corrected chi connectivity index (χ4v) is 1.79. The Morgan fingerprint density at radius 2 is 1.89 bits per heavy atom. The van der Waals surface area contributed by atoms with Crippen LogP contribution < -0.4 is 5.32 Å². The maximum atomic E-state index is 4.34. The Labute approximate surface area is 108 Å². The van der Waals surface area contributed by atoms with E-state index in [4.69, 9.17) is 0 Å². The molecule has 0 fully saturated rings. The van der Waals surface area contributed by atoms with Crippen LogP contribution in [-0.2, 0) is 0 Å². The molecule has 18 heavy (non-hydrogen) atoms. The summed E-state index contributed by atoms with van der Waals surface area (Å²) >= 11 is 0. The Morgan fingerprint density at radius 3 is 2.56 bits per heavy atom. The van der Waals surface area contributed by atoms with Gasteiger partial charge >= 0.3 is 0 Å². The highest BCUT2D eigenvalue weighted by Crippen LogP contribution is 2.13. The number of pyridine rings is 1. The maximum absolute atomic E-state index is 4.34. The molecule has 0 saturated heterocycles. The summed E-state index contributed by atoms with van der Waals surface area (Å²) in [5.74, 6) is 0. The van der Waals surface area contributed by atoms with Crippen molar-refractivity contribution in [1.29, 1.82) is 0 Å². The van der Waals surface area contributed by atoms with E-state index in [0.29, 0.717) is 0 Å². The van der Waals surface area contributed by atoms with Gasteiger partial charge in [-0.25, -0.2) is 0 Å². The zero-order valence-electron chi connectivity index (χ0n) is 10.6. The Hall–Kier alpha value is -1.93. The van der Waals surface area contributed by atoms with Crippen LogP contribution in [0.25, 0.3) is 5.57 Å². The maximum Gasteiger partial charge on any atom is 0.0570 e. The fourth-order valence-electron chi connectivity index (χ4n) is 1.79. The monoisotopic (exact) mass is 238 g/mol. The first-order chi connectivity index (χ1) is 8.77. The van der Waals surface area contributed by atoms with Crippen LogP contribution in [0.2, 0.25) is 0 Å². The molecule has 0 saturated carbocycles. The summed E-state index contributed by atoms with van der Waals surface area (Å²) in [7, 11) is 0. The van der Waals surface area contributed by atoms with Crippen molar-refractivity contribution in [1.82, 2.24) is 10.3 Å². The van der Waals surface area contributed by atoms with Gasteiger partial charge in [-0.3, -0.25) is 4.98 Å². The molecule has 1 aromatic heterocycles. The minimum atomic E-state index is 0.228. The van der Waals surface area contributed by atoms with Crippen LogP contribution in [-0.4, -0.2) is 11.5 Å². The predicted octanol–water partition coefficient (Wildman–Crippen LogP) is 3.45. The average molecular weight is 238 g/mol. The Bertz CT molecular complexity index is 491. The van der Waals surface area contributed by atoms with E-state index in [0.717, 1.165) is 17.8 Å². The van der Waals surface area contributed by atoms with Crippen molar-refractivity contribution in [2.75, 3.05) is 6.54 Å². The lowest BCUT2D eigenvalue weighted by Crippen LogP contribution is -2.21. The highest BCUT2D eigenvalue weighted by atomic mass is 14.9. The normalized spacial score (nSPS) is 12.1. The van der Waals surface area contributed by atoms with Crippen molar-refractivity contribution in [2.45, 2.75) is 13.0 Å². The van der Waals surface area contributed by atoms with Crippen molar-refractivity contribution in [3.05, 3.63) is 72.6 Å². The minimum Gasteiger partial charge on any atom is -0.305 e. The number of hydrogen-bond donors (Lipinski definition) is 1. The molecular weight excluding hydrogens is 220 g/mol. The summed E-state index contributed by atoms with van der Waals surface area (Å²) in [6.07, 6.45) is 1.82. The van der Waals surface area contributed by atoms with Gasteiger partial charge in [0.2, 0.25) is 0 Å². The minimum absolute atomic E-state index is 0.228. The van der Waals surface area contributed by atoms with Gasteiger partial charge in [0.05, 0.1) is 5.69 Å². The van der Waals surface area contributed by atoms with Gasteiger partial charge in [-0.05, 0) is 30.2 Å². The molecule has 2 nitrogen and oxygen atoms in total. The van der Waals surface area contributed by atoms with Crippen LogP contribution in [0.15, 0.2) is 61.3 Å². The highest BCUT2D eigenvalue weighted by molar-refractivity contribution is 5.64. The smallest absolute Gasteiger partial charge is 0.0570 e. The number of nitrogens with one attached hydrogen (secondary N) is 1. The van der Waals surface area contributed by atoms with E-state index >= 15 is 0 Å². The van der Waals surface area contributed by atoms with Gasteiger partial charge in [0, 0.05) is 18.8 Å². The van der Waals surface area contributed by atoms with E-state index in [1.807, 2.05) is 42.6 Å². The lowest BCUT2D eigenvalue weighted by Gasteiger charge is -2.14. The molecule has 2 rings (SSSR count). The molecule has 0 amide bonds. The third-order valence-electron chi connectivity index (χ3n) is 2.94. The van der Waals surface area contributed by atoms with E-state index in [-0.39, 0.29) is 6.04 Å². The standard InChI is InChI=1S/C16H18N2/c1-13(15-8-4-3-5-9-15)12-18-14(2)16-10-6-7-11-17-16/h3-11,14,18H,1,12H2,2H3. The third kappa shape index (κ3) is 3.28. The van der Waals surface area contributed by atoms with E-state index in [1.54, 1.807) is 0 Å². The summed E-state index contributed by atoms with van der Waals surface area (Å²) in [6, 6.07) is 16.4. The Kier molecular flexibility index (Phi) is 4.26. The summed E-state index contributed by atoms with van der Waals surface area (Å²) in [6.45, 7) is 6.99. The van der Waals surface area contributed by atoms with Crippen molar-refractivity contribution >= 4 is 5.57 Å². The van der Waals surface area contributed by atoms with E-state index < -0.39 is 0 Å². The molecular formula is C16H18N2. The molecule has 1 unspecified atom stereocenters. The van der Waals surface area contributed by atoms with E-state index in [9.17, 15) is 0 Å². The lowest BCUT2D eigenvalue weighted by atomic mass is 10.1. The lowest BCUT2D eigenvalue weighted by molar-refractivity contribution is 0.606. The molecule has 1 atom stereocenters. The van der Waals surface area contributed by atoms with Gasteiger partial charge in [0.25, 0.3) is 0 Å². The molecule has 0 spiro atoms. The third-order valence-corrected chi connectivity index (χ3v) is 2.94. The largest absolute Gasteiger partial charge is 0.305 e. The van der Waals surface area contributed by atoms with Crippen LogP contribution in [0.5, 0.6) is 0 Å². The number of benzene rings is 1. The molecule has 0 aliphatic rings. The second-order valence-electron chi connectivity index (χ2n) is 4.33. The first-order valence-electron chi connectivity index (χ1n) is 6.15. The van der Waals surface area contributed by atoms with Crippen LogP contribution in [0, 0.1) is 0 Å². The quantitative estimate of drug-likeness (QED) is 0.863. The van der Waals surface area contributed by atoms with Gasteiger partial charge < -0.3 is 5.32 Å². The van der Waals surface area contributed by atoms with Gasteiger partial charge in [0.15, 0.2) is 0 Å². The molecule has 0 radical (unpaired) electrons. The molecule has 0 aliphatic carbocycles. The summed E-state index contributed by atoms with van der Waals surface area (Å²) in [5.41, 5.74) is 3.33. The second-order valence-corrected chi connectivity index (χ2v) is 4.33. The van der Waals surface area contributed by atoms with Gasteiger partial charge in [-0.2, -0.15) is 0 Å². The number of aromatic nitrogens is 1.